The van der Waals surface area contributed by atoms with Gasteiger partial charge >= 0.3 is 0 Å². The molecular weight excluding hydrogens is 508 g/mol. The van der Waals surface area contributed by atoms with E-state index in [1.165, 1.54) is 4.57 Å². The third-order valence-corrected chi connectivity index (χ3v) is 7.21. The molecule has 0 atom stereocenters. The zero-order chi connectivity index (χ0) is 27.6. The molecule has 210 valence electrons. The number of aliphatic hydroxyl groups is 1. The summed E-state index contributed by atoms with van der Waals surface area (Å²) in [5.41, 5.74) is -0.00807. The van der Waals surface area contributed by atoms with E-state index in [1.807, 2.05) is 4.90 Å². The third kappa shape index (κ3) is 6.70. The molecule has 11 heteroatoms. The van der Waals surface area contributed by atoms with Gasteiger partial charge in [0.2, 0.25) is 11.8 Å². The van der Waals surface area contributed by atoms with E-state index >= 15 is 0 Å². The van der Waals surface area contributed by atoms with Crippen molar-refractivity contribution in [1.29, 1.82) is 0 Å². The van der Waals surface area contributed by atoms with Crippen LogP contribution in [0.2, 0.25) is 0 Å². The number of morpholine rings is 1. The van der Waals surface area contributed by atoms with Crippen LogP contribution in [-0.4, -0.2) is 68.4 Å². The summed E-state index contributed by atoms with van der Waals surface area (Å²) in [4.78, 5) is 27.8. The van der Waals surface area contributed by atoms with Gasteiger partial charge in [0.05, 0.1) is 29.8 Å². The molecule has 3 aromatic rings. The number of anilines is 1. The lowest BCUT2D eigenvalue weighted by atomic mass is 9.83. The zero-order valence-electron chi connectivity index (χ0n) is 22.4. The van der Waals surface area contributed by atoms with Gasteiger partial charge in [-0.15, -0.1) is 0 Å². The highest BCUT2D eigenvalue weighted by molar-refractivity contribution is 5.79. The first-order valence-electron chi connectivity index (χ1n) is 13.5. The normalized spacial score (nSPS) is 20.5. The summed E-state index contributed by atoms with van der Waals surface area (Å²) in [6.45, 7) is 5.51. The maximum absolute atomic E-state index is 14.1. The average molecular weight is 544 g/mol. The van der Waals surface area contributed by atoms with Crippen LogP contribution >= 0.6 is 0 Å². The Labute approximate surface area is 226 Å². The fourth-order valence-corrected chi connectivity index (χ4v) is 5.41. The molecule has 1 aliphatic carbocycles. The van der Waals surface area contributed by atoms with E-state index < -0.39 is 12.0 Å². The summed E-state index contributed by atoms with van der Waals surface area (Å²) < 4.78 is 41.3. The number of rotatable bonds is 9. The molecule has 2 fully saturated rings. The Morgan fingerprint density at radius 1 is 1.13 bits per heavy atom. The molecule has 2 aliphatic rings. The van der Waals surface area contributed by atoms with E-state index in [4.69, 9.17) is 9.47 Å². The molecule has 1 saturated heterocycles. The number of benzene rings is 1. The van der Waals surface area contributed by atoms with Crippen molar-refractivity contribution in [1.82, 2.24) is 19.5 Å². The fraction of sp³-hybridized carbons (Fsp3) is 0.571. The summed E-state index contributed by atoms with van der Waals surface area (Å²) in [7, 11) is 0. The van der Waals surface area contributed by atoms with Crippen molar-refractivity contribution in [3.8, 4) is 11.7 Å². The molecule has 0 amide bonds. The number of Topliss-reactive ketones (excluding diaryl/α,β-unsaturated/α-hetero) is 1. The predicted molar refractivity (Wildman–Crippen MR) is 142 cm³/mol. The van der Waals surface area contributed by atoms with Crippen molar-refractivity contribution < 1.29 is 28.2 Å². The molecule has 2 aromatic heterocycles. The van der Waals surface area contributed by atoms with Gasteiger partial charge in [0.15, 0.2) is 5.82 Å². The molecule has 3 heterocycles. The minimum absolute atomic E-state index is 0.0739. The average Bonchev–Trinajstić information content (AvgIpc) is 3.29. The van der Waals surface area contributed by atoms with Crippen LogP contribution < -0.4 is 9.64 Å². The highest BCUT2D eigenvalue weighted by atomic mass is 19.3. The maximum atomic E-state index is 14.1. The van der Waals surface area contributed by atoms with Gasteiger partial charge < -0.3 is 19.5 Å². The molecule has 0 bridgehead atoms. The van der Waals surface area contributed by atoms with Crippen molar-refractivity contribution in [3.63, 3.8) is 0 Å². The van der Waals surface area contributed by atoms with Gasteiger partial charge in [0.1, 0.15) is 17.7 Å². The molecular formula is C28H35F2N5O4. The number of para-hydroxylation sites is 2. The van der Waals surface area contributed by atoms with Crippen molar-refractivity contribution in [2.45, 2.75) is 70.5 Å². The van der Waals surface area contributed by atoms with E-state index in [2.05, 4.69) is 15.0 Å². The smallest absolute Gasteiger partial charge is 0.296 e. The number of carbonyl (C=O) groups excluding carboxylic acids is 1. The maximum Gasteiger partial charge on any atom is 0.296 e. The van der Waals surface area contributed by atoms with Gasteiger partial charge in [-0.2, -0.15) is 9.97 Å². The quantitative estimate of drug-likeness (QED) is 0.416. The number of carbonyl (C=O) groups is 1. The van der Waals surface area contributed by atoms with Crippen molar-refractivity contribution in [3.05, 3.63) is 36.2 Å². The van der Waals surface area contributed by atoms with Gasteiger partial charge in [-0.05, 0) is 57.6 Å². The van der Waals surface area contributed by atoms with Gasteiger partial charge in [-0.3, -0.25) is 9.36 Å². The number of nitrogens with zero attached hydrogens (tertiary/aromatic N) is 5. The Kier molecular flexibility index (Phi) is 8.08. The van der Waals surface area contributed by atoms with Crippen molar-refractivity contribution >= 4 is 22.8 Å². The minimum Gasteiger partial charge on any atom is -0.474 e. The van der Waals surface area contributed by atoms with E-state index in [9.17, 15) is 18.7 Å². The van der Waals surface area contributed by atoms with Gasteiger partial charge in [0.25, 0.3) is 6.43 Å². The number of imidazole rings is 1. The molecule has 39 heavy (non-hydrogen) atoms. The third-order valence-electron chi connectivity index (χ3n) is 7.21. The first-order chi connectivity index (χ1) is 18.7. The Morgan fingerprint density at radius 2 is 1.85 bits per heavy atom. The van der Waals surface area contributed by atoms with Crippen molar-refractivity contribution in [2.75, 3.05) is 31.2 Å². The summed E-state index contributed by atoms with van der Waals surface area (Å²) in [6.07, 6.45) is 0.876. The molecule has 1 N–H and O–H groups in total. The van der Waals surface area contributed by atoms with Crippen LogP contribution in [0.3, 0.4) is 0 Å². The molecule has 0 radical (unpaired) electrons. The lowest BCUT2D eigenvalue weighted by Gasteiger charge is -2.30. The highest BCUT2D eigenvalue weighted by Crippen LogP contribution is 2.33. The monoisotopic (exact) mass is 543 g/mol. The second-order valence-electron chi connectivity index (χ2n) is 11.1. The first kappa shape index (κ1) is 27.4. The molecule has 1 saturated carbocycles. The summed E-state index contributed by atoms with van der Waals surface area (Å²) in [5, 5.41) is 9.93. The van der Waals surface area contributed by atoms with Gasteiger partial charge in [0, 0.05) is 32.0 Å². The largest absolute Gasteiger partial charge is 0.474 e. The van der Waals surface area contributed by atoms with Crippen LogP contribution in [0.25, 0.3) is 16.9 Å². The Hall–Kier alpha value is -3.18. The molecule has 9 nitrogen and oxygen atoms in total. The second kappa shape index (κ2) is 11.5. The number of alkyl halides is 2. The summed E-state index contributed by atoms with van der Waals surface area (Å²) in [6, 6.07) is 8.58. The number of hydrogen-bond acceptors (Lipinski definition) is 8. The SMILES string of the molecule is CC(C)(O)CC(=O)CC1CCC(Oc2cc(-n3c(C(F)F)nc4ccccc43)nc(N3CCOCC3)n2)CC1. The number of ketones is 1. The molecule has 5 rings (SSSR count). The zero-order valence-corrected chi connectivity index (χ0v) is 22.4. The standard InChI is InChI=1S/C28H35F2N5O4/c1-28(2,37)17-19(36)15-18-7-9-20(10-8-18)39-24-16-23(32-27(33-24)34-11-13-38-14-12-34)35-22-6-4-3-5-21(22)31-26(35)25(29)30/h3-6,16,18,20,25,37H,7-15,17H2,1-2H3. The van der Waals surface area contributed by atoms with Crippen LogP contribution in [0.15, 0.2) is 30.3 Å². The van der Waals surface area contributed by atoms with E-state index in [0.717, 1.165) is 25.7 Å². The van der Waals surface area contributed by atoms with E-state index in [0.29, 0.717) is 55.6 Å². The van der Waals surface area contributed by atoms with Gasteiger partial charge in [-0.25, -0.2) is 13.8 Å². The number of aromatic nitrogens is 4. The number of fused-ring (bicyclic) bond motifs is 1. The Bertz CT molecular complexity index is 1290. The molecule has 1 aromatic carbocycles. The Balaban J connectivity index is 1.38. The highest BCUT2D eigenvalue weighted by Gasteiger charge is 2.28. The topological polar surface area (TPSA) is 103 Å². The minimum atomic E-state index is -2.79. The molecule has 0 spiro atoms. The second-order valence-corrected chi connectivity index (χ2v) is 11.1. The van der Waals surface area contributed by atoms with E-state index in [1.54, 1.807) is 44.2 Å². The van der Waals surface area contributed by atoms with Gasteiger partial charge in [-0.1, -0.05) is 12.1 Å². The van der Waals surface area contributed by atoms with Crippen LogP contribution in [0.1, 0.15) is 64.6 Å². The molecule has 0 unspecified atom stereocenters. The van der Waals surface area contributed by atoms with Crippen LogP contribution in [0.4, 0.5) is 14.7 Å². The van der Waals surface area contributed by atoms with Crippen LogP contribution in [0, 0.1) is 5.92 Å². The summed E-state index contributed by atoms with van der Waals surface area (Å²) >= 11 is 0. The summed E-state index contributed by atoms with van der Waals surface area (Å²) in [5.74, 6) is 0.942. The fourth-order valence-electron chi connectivity index (χ4n) is 5.41. The van der Waals surface area contributed by atoms with E-state index in [-0.39, 0.29) is 35.9 Å². The van der Waals surface area contributed by atoms with Crippen LogP contribution in [0.5, 0.6) is 5.88 Å². The number of ether oxygens (including phenoxy) is 2. The lowest BCUT2D eigenvalue weighted by molar-refractivity contribution is -0.124. The molecule has 1 aliphatic heterocycles. The van der Waals surface area contributed by atoms with Crippen LogP contribution in [-0.2, 0) is 9.53 Å². The predicted octanol–water partition coefficient (Wildman–Crippen LogP) is 4.65. The number of halogens is 2. The number of hydrogen-bond donors (Lipinski definition) is 1. The lowest BCUT2D eigenvalue weighted by Crippen LogP contribution is -2.37. The first-order valence-corrected chi connectivity index (χ1v) is 13.5. The Morgan fingerprint density at radius 3 is 2.54 bits per heavy atom. The van der Waals surface area contributed by atoms with Crippen molar-refractivity contribution in [2.24, 2.45) is 5.92 Å².